The Balaban J connectivity index is 1.80. The summed E-state index contributed by atoms with van der Waals surface area (Å²) in [4.78, 5) is 0.261. The van der Waals surface area contributed by atoms with Crippen LogP contribution in [0.25, 0.3) is 0 Å². The molecule has 0 aromatic heterocycles. The summed E-state index contributed by atoms with van der Waals surface area (Å²) in [6.07, 6.45) is 1.14. The average Bonchev–Trinajstić information content (AvgIpc) is 3.07. The van der Waals surface area contributed by atoms with Crippen LogP contribution in [0.3, 0.4) is 0 Å². The maximum atomic E-state index is 12.2. The van der Waals surface area contributed by atoms with E-state index in [2.05, 4.69) is 19.2 Å². The van der Waals surface area contributed by atoms with Crippen molar-refractivity contribution in [3.05, 3.63) is 29.8 Å². The number of rotatable bonds is 6. The van der Waals surface area contributed by atoms with Crippen LogP contribution in [-0.4, -0.2) is 18.6 Å². The van der Waals surface area contributed by atoms with Crippen LogP contribution in [0.2, 0.25) is 0 Å². The lowest BCUT2D eigenvalue weighted by molar-refractivity contribution is -0.0328. The Morgan fingerprint density at radius 3 is 2.45 bits per heavy atom. The van der Waals surface area contributed by atoms with Crippen molar-refractivity contribution in [1.29, 1.82) is 0 Å². The van der Waals surface area contributed by atoms with Gasteiger partial charge in [0.25, 0.3) is 0 Å². The molecule has 1 fully saturated rings. The number of hydrogen-bond acceptors (Lipinski definition) is 2. The highest BCUT2D eigenvalue weighted by Gasteiger charge is 2.37. The van der Waals surface area contributed by atoms with Gasteiger partial charge in [0, 0.05) is 4.90 Å². The highest BCUT2D eigenvalue weighted by Crippen LogP contribution is 2.47. The predicted octanol–water partition coefficient (Wildman–Crippen LogP) is 4.65. The lowest BCUT2D eigenvalue weighted by atomic mass is 10.1. The zero-order chi connectivity index (χ0) is 14.8. The number of alkyl halides is 3. The lowest BCUT2D eigenvalue weighted by Crippen LogP contribution is -2.22. The van der Waals surface area contributed by atoms with Crippen molar-refractivity contribution in [2.75, 3.05) is 13.1 Å². The van der Waals surface area contributed by atoms with Gasteiger partial charge < -0.3 is 5.32 Å². The molecule has 1 aromatic carbocycles. The molecule has 0 bridgehead atoms. The summed E-state index contributed by atoms with van der Waals surface area (Å²) < 4.78 is 36.7. The second-order valence-electron chi connectivity index (χ2n) is 5.77. The Morgan fingerprint density at radius 2 is 1.90 bits per heavy atom. The van der Waals surface area contributed by atoms with Crippen LogP contribution in [0.4, 0.5) is 13.2 Å². The minimum Gasteiger partial charge on any atom is -0.316 e. The topological polar surface area (TPSA) is 12.0 Å². The molecule has 1 aliphatic rings. The summed E-state index contributed by atoms with van der Waals surface area (Å²) in [5.41, 5.74) is -3.04. The highest BCUT2D eigenvalue weighted by atomic mass is 32.2. The Bertz CT molecular complexity index is 428. The molecule has 1 nitrogen and oxygen atoms in total. The summed E-state index contributed by atoms with van der Waals surface area (Å²) in [6, 6.07) is 6.82. The van der Waals surface area contributed by atoms with E-state index in [4.69, 9.17) is 0 Å². The van der Waals surface area contributed by atoms with Crippen LogP contribution in [0.5, 0.6) is 0 Å². The van der Waals surface area contributed by atoms with E-state index in [1.807, 2.05) is 12.1 Å². The monoisotopic (exact) mass is 303 g/mol. The molecule has 1 aromatic rings. The van der Waals surface area contributed by atoms with Gasteiger partial charge in [-0.15, -0.1) is 0 Å². The molecule has 0 radical (unpaired) electrons. The van der Waals surface area contributed by atoms with E-state index in [0.29, 0.717) is 17.8 Å². The SMILES string of the molecule is CC(C)CNCC1CC1c1ccc(SC(F)(F)F)cc1. The molecule has 2 atom stereocenters. The maximum Gasteiger partial charge on any atom is 0.446 e. The fourth-order valence-corrected chi connectivity index (χ4v) is 2.89. The van der Waals surface area contributed by atoms with Crippen LogP contribution >= 0.6 is 11.8 Å². The predicted molar refractivity (Wildman–Crippen MR) is 76.9 cm³/mol. The standard InChI is InChI=1S/C15H20F3NS/c1-10(2)8-19-9-12-7-14(12)11-3-5-13(6-4-11)20-15(16,17)18/h3-6,10,12,14,19H,7-9H2,1-2H3. The summed E-state index contributed by atoms with van der Waals surface area (Å²) in [5.74, 6) is 1.79. The molecule has 1 saturated carbocycles. The van der Waals surface area contributed by atoms with Gasteiger partial charge in [0.1, 0.15) is 0 Å². The molecular formula is C15H20F3NS. The fourth-order valence-electron chi connectivity index (χ4n) is 2.36. The van der Waals surface area contributed by atoms with E-state index in [9.17, 15) is 13.2 Å². The summed E-state index contributed by atoms with van der Waals surface area (Å²) in [7, 11) is 0. The molecule has 2 rings (SSSR count). The van der Waals surface area contributed by atoms with Crippen LogP contribution in [-0.2, 0) is 0 Å². The smallest absolute Gasteiger partial charge is 0.316 e. The first-order valence-corrected chi connectivity index (χ1v) is 7.73. The number of nitrogens with one attached hydrogen (secondary N) is 1. The van der Waals surface area contributed by atoms with Crippen molar-refractivity contribution in [2.24, 2.45) is 11.8 Å². The Morgan fingerprint density at radius 1 is 1.25 bits per heavy atom. The van der Waals surface area contributed by atoms with Gasteiger partial charge in [-0.2, -0.15) is 13.2 Å². The van der Waals surface area contributed by atoms with Crippen LogP contribution in [0, 0.1) is 11.8 Å². The molecule has 2 unspecified atom stereocenters. The largest absolute Gasteiger partial charge is 0.446 e. The Hall–Kier alpha value is -0.680. The number of hydrogen-bond donors (Lipinski definition) is 1. The van der Waals surface area contributed by atoms with E-state index in [-0.39, 0.29) is 16.7 Å². The van der Waals surface area contributed by atoms with E-state index in [1.165, 1.54) is 0 Å². The maximum absolute atomic E-state index is 12.2. The van der Waals surface area contributed by atoms with Crippen molar-refractivity contribution in [3.8, 4) is 0 Å². The third-order valence-corrected chi connectivity index (χ3v) is 4.16. The first kappa shape index (κ1) is 15.7. The van der Waals surface area contributed by atoms with Gasteiger partial charge in [0.15, 0.2) is 0 Å². The first-order valence-electron chi connectivity index (χ1n) is 6.91. The van der Waals surface area contributed by atoms with Gasteiger partial charge >= 0.3 is 5.51 Å². The van der Waals surface area contributed by atoms with Crippen molar-refractivity contribution in [2.45, 2.75) is 36.6 Å². The van der Waals surface area contributed by atoms with Crippen molar-refractivity contribution in [3.63, 3.8) is 0 Å². The van der Waals surface area contributed by atoms with E-state index in [1.54, 1.807) is 12.1 Å². The van der Waals surface area contributed by atoms with Gasteiger partial charge in [0.05, 0.1) is 0 Å². The zero-order valence-electron chi connectivity index (χ0n) is 11.7. The molecule has 0 heterocycles. The van der Waals surface area contributed by atoms with Gasteiger partial charge in [-0.3, -0.25) is 0 Å². The molecule has 1 N–H and O–H groups in total. The highest BCUT2D eigenvalue weighted by molar-refractivity contribution is 8.00. The minimum atomic E-state index is -4.20. The molecule has 0 saturated heterocycles. The minimum absolute atomic E-state index is 0.0529. The van der Waals surface area contributed by atoms with E-state index < -0.39 is 5.51 Å². The molecular weight excluding hydrogens is 283 g/mol. The summed E-state index contributed by atoms with van der Waals surface area (Å²) in [6.45, 7) is 6.37. The quantitative estimate of drug-likeness (QED) is 0.768. The third kappa shape index (κ3) is 5.02. The normalized spacial score (nSPS) is 22.3. The lowest BCUT2D eigenvalue weighted by Gasteiger charge is -2.08. The second-order valence-corrected chi connectivity index (χ2v) is 6.91. The molecule has 0 amide bonds. The molecule has 5 heteroatoms. The Kier molecular flexibility index (Phi) is 5.02. The number of thioether (sulfide) groups is 1. The number of benzene rings is 1. The molecule has 1 aliphatic carbocycles. The summed E-state index contributed by atoms with van der Waals surface area (Å²) >= 11 is -0.0529. The molecule has 0 aliphatic heterocycles. The Labute approximate surface area is 122 Å². The van der Waals surface area contributed by atoms with Gasteiger partial charge in [-0.1, -0.05) is 26.0 Å². The van der Waals surface area contributed by atoms with Crippen molar-refractivity contribution in [1.82, 2.24) is 5.32 Å². The molecule has 112 valence electrons. The summed E-state index contributed by atoms with van der Waals surface area (Å²) in [5, 5.41) is 3.44. The average molecular weight is 303 g/mol. The molecule has 0 spiro atoms. The zero-order valence-corrected chi connectivity index (χ0v) is 12.5. The molecule has 20 heavy (non-hydrogen) atoms. The van der Waals surface area contributed by atoms with Gasteiger partial charge in [-0.05, 0) is 66.7 Å². The van der Waals surface area contributed by atoms with E-state index >= 15 is 0 Å². The first-order chi connectivity index (χ1) is 9.35. The van der Waals surface area contributed by atoms with Crippen molar-refractivity contribution >= 4 is 11.8 Å². The van der Waals surface area contributed by atoms with Crippen LogP contribution in [0.15, 0.2) is 29.2 Å². The van der Waals surface area contributed by atoms with Gasteiger partial charge in [0.2, 0.25) is 0 Å². The van der Waals surface area contributed by atoms with Crippen LogP contribution < -0.4 is 5.32 Å². The number of halogens is 3. The van der Waals surface area contributed by atoms with Crippen LogP contribution in [0.1, 0.15) is 31.7 Å². The van der Waals surface area contributed by atoms with Gasteiger partial charge in [-0.25, -0.2) is 0 Å². The van der Waals surface area contributed by atoms with Crippen molar-refractivity contribution < 1.29 is 13.2 Å². The third-order valence-electron chi connectivity index (χ3n) is 3.42. The fraction of sp³-hybridized carbons (Fsp3) is 0.600. The van der Waals surface area contributed by atoms with E-state index in [0.717, 1.165) is 25.1 Å². The second kappa shape index (κ2) is 6.39.